The first-order valence-corrected chi connectivity index (χ1v) is 14.9. The van der Waals surface area contributed by atoms with Crippen LogP contribution >= 0.6 is 0 Å². The minimum Gasteiger partial charge on any atom is -0.450 e. The number of ether oxygens (including phenoxy) is 7. The highest BCUT2D eigenvalue weighted by atomic mass is 16.8. The van der Waals surface area contributed by atoms with Gasteiger partial charge in [0, 0.05) is 12.8 Å². The second-order valence-corrected chi connectivity index (χ2v) is 11.2. The van der Waals surface area contributed by atoms with Gasteiger partial charge in [-0.25, -0.2) is 19.2 Å². The van der Waals surface area contributed by atoms with Crippen LogP contribution in [0.4, 0.5) is 19.2 Å². The minimum absolute atomic E-state index is 0.182. The van der Waals surface area contributed by atoms with Crippen LogP contribution in [0.1, 0.15) is 109 Å². The summed E-state index contributed by atoms with van der Waals surface area (Å²) in [7, 11) is 0. The Kier molecular flexibility index (Phi) is 11.4. The third-order valence-electron chi connectivity index (χ3n) is 8.20. The van der Waals surface area contributed by atoms with E-state index < -0.39 is 49.0 Å². The predicted octanol–water partition coefficient (Wildman–Crippen LogP) is 6.41. The van der Waals surface area contributed by atoms with E-state index in [1.54, 1.807) is 0 Å². The molecular weight excluding hydrogens is 528 g/mol. The molecule has 4 aliphatic rings. The van der Waals surface area contributed by atoms with Crippen LogP contribution in [0.25, 0.3) is 0 Å². The van der Waals surface area contributed by atoms with Gasteiger partial charge in [-0.1, -0.05) is 19.3 Å². The molecule has 4 aliphatic carbocycles. The molecule has 0 spiro atoms. The molecule has 0 aromatic carbocycles. The molecule has 4 fully saturated rings. The SMILES string of the molecule is O=C(O)OC1CC(OC(=O)OC2CCCCC2)C(OC(=O)OC2CCCCC2)CC1OC(=O)OC1CCCCC1. The molecule has 12 nitrogen and oxygen atoms in total. The molecule has 4 rings (SSSR count). The highest BCUT2D eigenvalue weighted by Crippen LogP contribution is 2.32. The average molecular weight is 571 g/mol. The molecule has 0 aromatic rings. The zero-order valence-electron chi connectivity index (χ0n) is 23.0. The first-order chi connectivity index (χ1) is 19.4. The summed E-state index contributed by atoms with van der Waals surface area (Å²) in [4.78, 5) is 49.4. The van der Waals surface area contributed by atoms with Crippen molar-refractivity contribution in [2.24, 2.45) is 0 Å². The van der Waals surface area contributed by atoms with Crippen molar-refractivity contribution in [2.45, 2.75) is 152 Å². The predicted molar refractivity (Wildman–Crippen MR) is 137 cm³/mol. The Balaban J connectivity index is 1.42. The Morgan fingerprint density at radius 3 is 0.950 bits per heavy atom. The van der Waals surface area contributed by atoms with Crippen LogP contribution in [0.5, 0.6) is 0 Å². The molecule has 0 radical (unpaired) electrons. The van der Waals surface area contributed by atoms with Crippen molar-refractivity contribution < 1.29 is 57.4 Å². The molecule has 0 aliphatic heterocycles. The molecule has 12 heteroatoms. The maximum Gasteiger partial charge on any atom is 0.508 e. The van der Waals surface area contributed by atoms with Gasteiger partial charge in [-0.15, -0.1) is 0 Å². The molecule has 0 heterocycles. The third-order valence-corrected chi connectivity index (χ3v) is 8.20. The number of rotatable bonds is 7. The molecule has 0 aromatic heterocycles. The van der Waals surface area contributed by atoms with Crippen molar-refractivity contribution in [2.75, 3.05) is 0 Å². The highest BCUT2D eigenvalue weighted by Gasteiger charge is 2.46. The highest BCUT2D eigenvalue weighted by molar-refractivity contribution is 5.63. The van der Waals surface area contributed by atoms with Gasteiger partial charge < -0.3 is 38.3 Å². The quantitative estimate of drug-likeness (QED) is 0.266. The van der Waals surface area contributed by atoms with Crippen LogP contribution in [0, 0.1) is 0 Å². The standard InChI is InChI=1S/C28H42O12/c29-25(30)37-21-16-23(39-27(32)35-19-12-6-2-7-13-19)24(40-28(33)36-20-14-8-3-9-15-20)17-22(21)38-26(31)34-18-10-4-1-5-11-18/h18-24H,1-17H2,(H,29,30). The van der Waals surface area contributed by atoms with E-state index in [1.165, 1.54) is 0 Å². The lowest BCUT2D eigenvalue weighted by Crippen LogP contribution is -2.51. The largest absolute Gasteiger partial charge is 0.508 e. The molecule has 226 valence electrons. The van der Waals surface area contributed by atoms with Gasteiger partial charge in [-0.2, -0.15) is 0 Å². The minimum atomic E-state index is -1.58. The van der Waals surface area contributed by atoms with Gasteiger partial charge in [0.15, 0.2) is 0 Å². The van der Waals surface area contributed by atoms with Gasteiger partial charge in [0.2, 0.25) is 0 Å². The number of hydrogen-bond acceptors (Lipinski definition) is 11. The normalized spacial score (nSPS) is 28.5. The van der Waals surface area contributed by atoms with Crippen LogP contribution in [0.3, 0.4) is 0 Å². The van der Waals surface area contributed by atoms with E-state index >= 15 is 0 Å². The maximum atomic E-state index is 12.7. The van der Waals surface area contributed by atoms with E-state index in [4.69, 9.17) is 33.2 Å². The van der Waals surface area contributed by atoms with Gasteiger partial charge in [-0.3, -0.25) is 0 Å². The summed E-state index contributed by atoms with van der Waals surface area (Å²) in [5.41, 5.74) is 0. The van der Waals surface area contributed by atoms with Gasteiger partial charge in [0.05, 0.1) is 0 Å². The van der Waals surface area contributed by atoms with Crippen molar-refractivity contribution in [3.8, 4) is 0 Å². The van der Waals surface area contributed by atoms with Gasteiger partial charge in [0.25, 0.3) is 0 Å². The first-order valence-electron chi connectivity index (χ1n) is 14.9. The topological polar surface area (TPSA) is 153 Å². The maximum absolute atomic E-state index is 12.7. The van der Waals surface area contributed by atoms with E-state index in [1.807, 2.05) is 0 Å². The van der Waals surface area contributed by atoms with E-state index in [0.29, 0.717) is 0 Å². The molecule has 0 bridgehead atoms. The van der Waals surface area contributed by atoms with Crippen LogP contribution in [-0.2, 0) is 33.2 Å². The Morgan fingerprint density at radius 1 is 0.400 bits per heavy atom. The molecule has 0 saturated heterocycles. The van der Waals surface area contributed by atoms with Crippen LogP contribution < -0.4 is 0 Å². The molecule has 0 amide bonds. The zero-order chi connectivity index (χ0) is 28.3. The van der Waals surface area contributed by atoms with E-state index in [-0.39, 0.29) is 31.2 Å². The molecule has 4 saturated carbocycles. The fraction of sp³-hybridized carbons (Fsp3) is 0.857. The molecule has 1 N–H and O–H groups in total. The van der Waals surface area contributed by atoms with E-state index in [9.17, 15) is 24.3 Å². The smallest absolute Gasteiger partial charge is 0.450 e. The van der Waals surface area contributed by atoms with Crippen LogP contribution in [0.2, 0.25) is 0 Å². The second-order valence-electron chi connectivity index (χ2n) is 11.2. The third kappa shape index (κ3) is 9.62. The van der Waals surface area contributed by atoms with Crippen molar-refractivity contribution in [1.82, 2.24) is 0 Å². The molecule has 40 heavy (non-hydrogen) atoms. The Hall–Kier alpha value is -2.92. The van der Waals surface area contributed by atoms with Gasteiger partial charge >= 0.3 is 24.6 Å². The Labute approximate surface area is 234 Å². The van der Waals surface area contributed by atoms with E-state index in [2.05, 4.69) is 0 Å². The summed E-state index contributed by atoms with van der Waals surface area (Å²) in [5, 5.41) is 9.33. The average Bonchev–Trinajstić information content (AvgIpc) is 2.92. The molecule has 4 atom stereocenters. The lowest BCUT2D eigenvalue weighted by atomic mass is 9.89. The number of hydrogen-bond donors (Lipinski definition) is 1. The number of carboxylic acid groups (broad SMARTS) is 1. The summed E-state index contributed by atoms with van der Waals surface area (Å²) in [6.45, 7) is 0. The zero-order valence-corrected chi connectivity index (χ0v) is 23.0. The number of carbonyl (C=O) groups excluding carboxylic acids is 3. The number of carbonyl (C=O) groups is 4. The fourth-order valence-electron chi connectivity index (χ4n) is 6.10. The first kappa shape index (κ1) is 30.0. The van der Waals surface area contributed by atoms with Crippen molar-refractivity contribution in [3.05, 3.63) is 0 Å². The lowest BCUT2D eigenvalue weighted by molar-refractivity contribution is -0.147. The lowest BCUT2D eigenvalue weighted by Gasteiger charge is -2.38. The molecular formula is C28H42O12. The summed E-state index contributed by atoms with van der Waals surface area (Å²) in [5.74, 6) is 0. The van der Waals surface area contributed by atoms with E-state index in [0.717, 1.165) is 96.3 Å². The molecule has 4 unspecified atom stereocenters. The monoisotopic (exact) mass is 570 g/mol. The van der Waals surface area contributed by atoms with Crippen LogP contribution in [0.15, 0.2) is 0 Å². The summed E-state index contributed by atoms with van der Waals surface area (Å²) in [6.07, 6.45) is 3.24. The van der Waals surface area contributed by atoms with Gasteiger partial charge in [-0.05, 0) is 77.0 Å². The van der Waals surface area contributed by atoms with Gasteiger partial charge in [0.1, 0.15) is 42.7 Å². The van der Waals surface area contributed by atoms with Crippen LogP contribution in [-0.4, -0.2) is 72.5 Å². The van der Waals surface area contributed by atoms with Crippen molar-refractivity contribution >= 4 is 24.6 Å². The Bertz CT molecular complexity index is 844. The fourth-order valence-corrected chi connectivity index (χ4v) is 6.10. The summed E-state index contributed by atoms with van der Waals surface area (Å²) < 4.78 is 38.0. The second kappa shape index (κ2) is 15.2. The Morgan fingerprint density at radius 2 is 0.675 bits per heavy atom. The van der Waals surface area contributed by atoms with Crippen molar-refractivity contribution in [1.29, 1.82) is 0 Å². The summed E-state index contributed by atoms with van der Waals surface area (Å²) in [6, 6.07) is 0. The summed E-state index contributed by atoms with van der Waals surface area (Å²) >= 11 is 0. The van der Waals surface area contributed by atoms with Crippen molar-refractivity contribution in [3.63, 3.8) is 0 Å².